The topological polar surface area (TPSA) is 42.0 Å². The van der Waals surface area contributed by atoms with Crippen LogP contribution in [0, 0.1) is 0 Å². The zero-order chi connectivity index (χ0) is 18.5. The number of carbonyl (C=O) groups excluding carboxylic acids is 1. The highest BCUT2D eigenvalue weighted by Gasteiger charge is 2.22. The van der Waals surface area contributed by atoms with Crippen LogP contribution in [-0.2, 0) is 11.3 Å². The molecule has 0 bridgehead atoms. The van der Waals surface area contributed by atoms with Gasteiger partial charge in [-0.15, -0.1) is 0 Å². The predicted molar refractivity (Wildman–Crippen MR) is 103 cm³/mol. The minimum atomic E-state index is -0.0733. The van der Waals surface area contributed by atoms with E-state index in [0.717, 1.165) is 56.2 Å². The summed E-state index contributed by atoms with van der Waals surface area (Å²) in [5.41, 5.74) is 2.42. The molecule has 0 spiro atoms. The van der Waals surface area contributed by atoms with Gasteiger partial charge in [0.05, 0.1) is 6.20 Å². The summed E-state index contributed by atoms with van der Waals surface area (Å²) in [7, 11) is 0. The quantitative estimate of drug-likeness (QED) is 0.780. The Labute approximate surface area is 159 Å². The lowest BCUT2D eigenvalue weighted by Crippen LogP contribution is -2.28. The van der Waals surface area contributed by atoms with E-state index in [1.165, 1.54) is 11.8 Å². The summed E-state index contributed by atoms with van der Waals surface area (Å²) in [5.74, 6) is 3.50. The van der Waals surface area contributed by atoms with Gasteiger partial charge in [0.2, 0.25) is 0 Å². The minimum absolute atomic E-state index is 0.0733. The summed E-state index contributed by atoms with van der Waals surface area (Å²) >= 11 is 0. The Kier molecular flexibility index (Phi) is 5.42. The molecule has 0 aliphatic carbocycles. The third-order valence-corrected chi connectivity index (χ3v) is 5.12. The van der Waals surface area contributed by atoms with Gasteiger partial charge in [0.15, 0.2) is 17.6 Å². The lowest BCUT2D eigenvalue weighted by atomic mass is 10.1. The molecule has 0 radical (unpaired) electrons. The second-order valence-corrected chi connectivity index (χ2v) is 7.02. The Morgan fingerprint density at radius 3 is 2.63 bits per heavy atom. The van der Waals surface area contributed by atoms with Crippen molar-refractivity contribution in [1.29, 1.82) is 0 Å². The van der Waals surface area contributed by atoms with Gasteiger partial charge in [0, 0.05) is 32.7 Å². The maximum atomic E-state index is 10.5. The van der Waals surface area contributed by atoms with Crippen molar-refractivity contribution in [2.75, 3.05) is 32.8 Å². The lowest BCUT2D eigenvalue weighted by Gasteiger charge is -2.27. The lowest BCUT2D eigenvalue weighted by molar-refractivity contribution is 0.0913. The molecule has 27 heavy (non-hydrogen) atoms. The molecule has 2 aliphatic rings. The van der Waals surface area contributed by atoms with Gasteiger partial charge < -0.3 is 14.4 Å². The van der Waals surface area contributed by atoms with E-state index in [2.05, 4.69) is 29.2 Å². The highest BCUT2D eigenvalue weighted by molar-refractivity contribution is 5.44. The molecule has 4 rings (SSSR count). The second kappa shape index (κ2) is 8.30. The second-order valence-electron chi connectivity index (χ2n) is 7.02. The van der Waals surface area contributed by atoms with Crippen LogP contribution in [0.3, 0.4) is 0 Å². The summed E-state index contributed by atoms with van der Waals surface area (Å²) in [6.45, 7) is 5.25. The van der Waals surface area contributed by atoms with Gasteiger partial charge in [0.1, 0.15) is 12.5 Å². The van der Waals surface area contributed by atoms with Crippen LogP contribution >= 0.6 is 0 Å². The van der Waals surface area contributed by atoms with Gasteiger partial charge in [-0.2, -0.15) is 0 Å². The van der Waals surface area contributed by atoms with Crippen LogP contribution in [0.2, 0.25) is 0 Å². The minimum Gasteiger partial charge on any atom is -0.485 e. The maximum absolute atomic E-state index is 10.5. The van der Waals surface area contributed by atoms with E-state index in [4.69, 9.17) is 9.47 Å². The fourth-order valence-electron chi connectivity index (χ4n) is 3.63. The first-order valence-electron chi connectivity index (χ1n) is 9.46. The molecule has 1 unspecified atom stereocenters. The van der Waals surface area contributed by atoms with Crippen LogP contribution in [0.15, 0.2) is 54.7 Å². The van der Waals surface area contributed by atoms with Gasteiger partial charge in [-0.25, -0.2) is 4.79 Å². The van der Waals surface area contributed by atoms with Gasteiger partial charge in [0.25, 0.3) is 0 Å². The highest BCUT2D eigenvalue weighted by atomic mass is 16.6. The number of benzene rings is 2. The zero-order valence-electron chi connectivity index (χ0n) is 15.3. The Morgan fingerprint density at radius 2 is 1.81 bits per heavy atom. The normalized spacial score (nSPS) is 19.9. The third-order valence-electron chi connectivity index (χ3n) is 5.12. The monoisotopic (exact) mass is 364 g/mol. The first-order chi connectivity index (χ1) is 13.3. The van der Waals surface area contributed by atoms with Crippen molar-refractivity contribution >= 4 is 5.94 Å². The van der Waals surface area contributed by atoms with Gasteiger partial charge in [-0.05, 0) is 29.7 Å². The molecule has 1 fully saturated rings. The number of hydrogen-bond acceptors (Lipinski definition) is 5. The average Bonchev–Trinajstić information content (AvgIpc) is 2.94. The summed E-state index contributed by atoms with van der Waals surface area (Å²) in [6, 6.07) is 16.4. The van der Waals surface area contributed by atoms with E-state index in [1.807, 2.05) is 35.1 Å². The van der Waals surface area contributed by atoms with Crippen molar-refractivity contribution in [3.8, 4) is 11.5 Å². The van der Waals surface area contributed by atoms with Crippen LogP contribution in [-0.4, -0.2) is 48.5 Å². The number of para-hydroxylation sites is 2. The van der Waals surface area contributed by atoms with Gasteiger partial charge >= 0.3 is 0 Å². The van der Waals surface area contributed by atoms with E-state index >= 15 is 0 Å². The number of rotatable bonds is 4. The van der Waals surface area contributed by atoms with Crippen LogP contribution < -0.4 is 9.47 Å². The number of nitrogens with zero attached hydrogens (tertiary/aromatic N) is 2. The Bertz CT molecular complexity index is 815. The van der Waals surface area contributed by atoms with Crippen molar-refractivity contribution in [1.82, 2.24) is 9.80 Å². The molecule has 1 saturated heterocycles. The standard InChI is InChI=1S/C22H24N2O3/c25-15-14-23-10-3-11-24(13-12-23)16-18-6-8-19(9-7-18)22-17-26-20-4-1-2-5-21(20)27-22/h1-2,4-9,14,22H,3,10-13,16-17H2. The summed E-state index contributed by atoms with van der Waals surface area (Å²) in [6.07, 6.45) is 2.52. The molecular formula is C22H24N2O3. The van der Waals surface area contributed by atoms with Crippen molar-refractivity contribution in [3.63, 3.8) is 0 Å². The average molecular weight is 364 g/mol. The van der Waals surface area contributed by atoms with Crippen molar-refractivity contribution in [2.24, 2.45) is 0 Å². The molecule has 0 saturated carbocycles. The number of fused-ring (bicyclic) bond motifs is 1. The largest absolute Gasteiger partial charge is 0.485 e. The maximum Gasteiger partial charge on any atom is 0.162 e. The molecule has 2 aromatic carbocycles. The third kappa shape index (κ3) is 4.33. The van der Waals surface area contributed by atoms with Crippen molar-refractivity contribution < 1.29 is 14.3 Å². The Morgan fingerprint density at radius 1 is 1.00 bits per heavy atom. The van der Waals surface area contributed by atoms with E-state index in [9.17, 15) is 4.79 Å². The van der Waals surface area contributed by atoms with Crippen LogP contribution in [0.1, 0.15) is 23.7 Å². The molecule has 2 heterocycles. The fraction of sp³-hybridized carbons (Fsp3) is 0.364. The van der Waals surface area contributed by atoms with Crippen molar-refractivity contribution in [2.45, 2.75) is 19.1 Å². The molecule has 5 nitrogen and oxygen atoms in total. The van der Waals surface area contributed by atoms with Crippen LogP contribution in [0.25, 0.3) is 0 Å². The van der Waals surface area contributed by atoms with E-state index in [1.54, 1.807) is 0 Å². The first kappa shape index (κ1) is 17.7. The van der Waals surface area contributed by atoms with Crippen molar-refractivity contribution in [3.05, 3.63) is 65.9 Å². The molecule has 1 atom stereocenters. The van der Waals surface area contributed by atoms with Gasteiger partial charge in [-0.1, -0.05) is 36.4 Å². The Balaban J connectivity index is 1.36. The number of hydrogen-bond donors (Lipinski definition) is 0. The first-order valence-corrected chi connectivity index (χ1v) is 9.46. The zero-order valence-corrected chi connectivity index (χ0v) is 15.3. The summed E-state index contributed by atoms with van der Waals surface area (Å²) in [4.78, 5) is 15.0. The smallest absolute Gasteiger partial charge is 0.162 e. The molecule has 0 N–H and O–H groups in total. The molecule has 0 amide bonds. The summed E-state index contributed by atoms with van der Waals surface area (Å²) in [5, 5.41) is 0. The SMILES string of the molecule is O=C=CN1CCCN(Cc2ccc(C3COc4ccccc4O3)cc2)CC1. The van der Waals surface area contributed by atoms with Gasteiger partial charge in [-0.3, -0.25) is 4.90 Å². The highest BCUT2D eigenvalue weighted by Crippen LogP contribution is 2.35. The predicted octanol–water partition coefficient (Wildman–Crippen LogP) is 3.05. The van der Waals surface area contributed by atoms with E-state index < -0.39 is 0 Å². The summed E-state index contributed by atoms with van der Waals surface area (Å²) < 4.78 is 11.9. The fourth-order valence-corrected chi connectivity index (χ4v) is 3.63. The molecule has 5 heteroatoms. The molecular weight excluding hydrogens is 340 g/mol. The molecule has 2 aliphatic heterocycles. The van der Waals surface area contributed by atoms with Crippen LogP contribution in [0.5, 0.6) is 11.5 Å². The van der Waals surface area contributed by atoms with Crippen LogP contribution in [0.4, 0.5) is 0 Å². The van der Waals surface area contributed by atoms with E-state index in [0.29, 0.717) is 6.61 Å². The Hall–Kier alpha value is -2.75. The molecule has 2 aromatic rings. The number of ether oxygens (including phenoxy) is 2. The van der Waals surface area contributed by atoms with E-state index in [-0.39, 0.29) is 6.10 Å². The molecule has 140 valence electrons. The molecule has 0 aromatic heterocycles.